The molecule has 5 heteroatoms. The number of carbonyl (C=O) groups excluding carboxylic acids is 1. The van der Waals surface area contributed by atoms with Gasteiger partial charge in [-0.15, -0.1) is 0 Å². The molecule has 0 saturated carbocycles. The molecule has 3 aromatic rings. The number of carbonyl (C=O) groups is 1. The number of hydrogen-bond acceptors (Lipinski definition) is 4. The van der Waals surface area contributed by atoms with Crippen LogP contribution in [0.25, 0.3) is 16.5 Å². The molecular formula is C23H25NO4. The third-order valence-electron chi connectivity index (χ3n) is 4.59. The molecule has 5 nitrogen and oxygen atoms in total. The number of hydrogen-bond donors (Lipinski definition) is 1. The van der Waals surface area contributed by atoms with Crippen LogP contribution in [0, 0.1) is 6.92 Å². The van der Waals surface area contributed by atoms with Crippen LogP contribution in [0.2, 0.25) is 0 Å². The molecule has 146 valence electrons. The Morgan fingerprint density at radius 1 is 1.21 bits per heavy atom. The molecule has 28 heavy (non-hydrogen) atoms. The molecular weight excluding hydrogens is 354 g/mol. The second-order valence-corrected chi connectivity index (χ2v) is 6.55. The summed E-state index contributed by atoms with van der Waals surface area (Å²) in [5.41, 5.74) is 4.45. The highest BCUT2D eigenvalue weighted by Gasteiger charge is 2.13. The topological polar surface area (TPSA) is 60.7 Å². The summed E-state index contributed by atoms with van der Waals surface area (Å²) in [6.07, 6.45) is 3.32. The van der Waals surface area contributed by atoms with Gasteiger partial charge in [-0.1, -0.05) is 18.2 Å². The number of para-hydroxylation sites is 1. The molecule has 0 unspecified atom stereocenters. The Labute approximate surface area is 164 Å². The number of ether oxygens (including phenoxy) is 2. The lowest BCUT2D eigenvalue weighted by Gasteiger charge is -2.12. The predicted molar refractivity (Wildman–Crippen MR) is 111 cm³/mol. The Morgan fingerprint density at radius 2 is 2.00 bits per heavy atom. The minimum Gasteiger partial charge on any atom is -0.496 e. The van der Waals surface area contributed by atoms with Gasteiger partial charge in [0.2, 0.25) is 5.91 Å². The number of fused-ring (bicyclic) bond motifs is 1. The van der Waals surface area contributed by atoms with Crippen LogP contribution in [-0.2, 0) is 11.3 Å². The van der Waals surface area contributed by atoms with E-state index < -0.39 is 0 Å². The Balaban J connectivity index is 1.82. The van der Waals surface area contributed by atoms with E-state index in [1.165, 1.54) is 0 Å². The summed E-state index contributed by atoms with van der Waals surface area (Å²) >= 11 is 0. The summed E-state index contributed by atoms with van der Waals surface area (Å²) < 4.78 is 16.7. The van der Waals surface area contributed by atoms with E-state index in [1.807, 2.05) is 57.2 Å². The van der Waals surface area contributed by atoms with E-state index in [1.54, 1.807) is 19.4 Å². The van der Waals surface area contributed by atoms with Gasteiger partial charge in [0, 0.05) is 35.2 Å². The molecule has 0 spiro atoms. The Bertz CT molecular complexity index is 1020. The molecule has 0 atom stereocenters. The van der Waals surface area contributed by atoms with Gasteiger partial charge in [0.05, 0.1) is 20.0 Å². The van der Waals surface area contributed by atoms with Gasteiger partial charge < -0.3 is 19.2 Å². The fraction of sp³-hybridized carbons (Fsp3) is 0.261. The maximum absolute atomic E-state index is 12.5. The monoisotopic (exact) mass is 379 g/mol. The predicted octanol–water partition coefficient (Wildman–Crippen LogP) is 4.87. The fourth-order valence-electron chi connectivity index (χ4n) is 3.12. The van der Waals surface area contributed by atoms with Gasteiger partial charge in [-0.3, -0.25) is 4.79 Å². The SMILES string of the molecule is CCOc1cc2occ(C)c2cc1/C(C)=C/C(=O)NCc1ccccc1OC. The molecule has 2 aromatic carbocycles. The van der Waals surface area contributed by atoms with Gasteiger partial charge >= 0.3 is 0 Å². The van der Waals surface area contributed by atoms with E-state index in [9.17, 15) is 4.79 Å². The van der Waals surface area contributed by atoms with Gasteiger partial charge in [0.25, 0.3) is 0 Å². The number of rotatable bonds is 7. The maximum atomic E-state index is 12.5. The minimum absolute atomic E-state index is 0.171. The molecule has 1 N–H and O–H groups in total. The zero-order valence-corrected chi connectivity index (χ0v) is 16.7. The molecule has 0 saturated heterocycles. The van der Waals surface area contributed by atoms with E-state index in [0.717, 1.165) is 39.0 Å². The lowest BCUT2D eigenvalue weighted by atomic mass is 10.0. The van der Waals surface area contributed by atoms with Crippen molar-refractivity contribution in [3.63, 3.8) is 0 Å². The quantitative estimate of drug-likeness (QED) is 0.595. The van der Waals surface area contributed by atoms with Crippen molar-refractivity contribution in [2.24, 2.45) is 0 Å². The lowest BCUT2D eigenvalue weighted by molar-refractivity contribution is -0.116. The van der Waals surface area contributed by atoms with Crippen molar-refractivity contribution in [3.05, 3.63) is 65.4 Å². The van der Waals surface area contributed by atoms with E-state index in [4.69, 9.17) is 13.9 Å². The molecule has 0 bridgehead atoms. The molecule has 3 rings (SSSR count). The van der Waals surface area contributed by atoms with Crippen molar-refractivity contribution in [1.82, 2.24) is 5.32 Å². The Hall–Kier alpha value is -3.21. The van der Waals surface area contributed by atoms with Crippen molar-refractivity contribution in [3.8, 4) is 11.5 Å². The molecule has 1 aromatic heterocycles. The Morgan fingerprint density at radius 3 is 2.75 bits per heavy atom. The molecule has 1 heterocycles. The average Bonchev–Trinajstić information content (AvgIpc) is 3.06. The Kier molecular flexibility index (Phi) is 6.04. The van der Waals surface area contributed by atoms with E-state index in [2.05, 4.69) is 5.32 Å². The standard InChI is InChI=1S/C23H25NO4/c1-5-27-21-12-22-19(16(3)14-28-22)11-18(21)15(2)10-23(25)24-13-17-8-6-7-9-20(17)26-4/h6-12,14H,5,13H2,1-4H3,(H,24,25)/b15-10+. The normalized spacial score (nSPS) is 11.5. The molecule has 1 amide bonds. The van der Waals surface area contributed by atoms with E-state index in [0.29, 0.717) is 18.9 Å². The van der Waals surface area contributed by atoms with E-state index in [-0.39, 0.29) is 5.91 Å². The lowest BCUT2D eigenvalue weighted by Crippen LogP contribution is -2.21. The zero-order valence-electron chi connectivity index (χ0n) is 16.7. The van der Waals surface area contributed by atoms with Gasteiger partial charge in [-0.25, -0.2) is 0 Å². The smallest absolute Gasteiger partial charge is 0.244 e. The van der Waals surface area contributed by atoms with Crippen LogP contribution in [-0.4, -0.2) is 19.6 Å². The summed E-state index contributed by atoms with van der Waals surface area (Å²) in [7, 11) is 1.62. The third kappa shape index (κ3) is 4.19. The van der Waals surface area contributed by atoms with Crippen LogP contribution in [0.15, 0.2) is 53.2 Å². The van der Waals surface area contributed by atoms with Crippen LogP contribution in [0.5, 0.6) is 11.5 Å². The number of methoxy groups -OCH3 is 1. The van der Waals surface area contributed by atoms with Gasteiger partial charge in [0.1, 0.15) is 17.1 Å². The summed E-state index contributed by atoms with van der Waals surface area (Å²) in [6, 6.07) is 11.5. The molecule has 0 aliphatic rings. The van der Waals surface area contributed by atoms with Crippen LogP contribution in [0.1, 0.15) is 30.5 Å². The number of benzene rings is 2. The van der Waals surface area contributed by atoms with Gasteiger partial charge in [-0.2, -0.15) is 0 Å². The molecule has 0 fully saturated rings. The van der Waals surface area contributed by atoms with Crippen LogP contribution in [0.4, 0.5) is 0 Å². The average molecular weight is 379 g/mol. The van der Waals surface area contributed by atoms with Crippen molar-refractivity contribution < 1.29 is 18.7 Å². The zero-order chi connectivity index (χ0) is 20.1. The second kappa shape index (κ2) is 8.65. The first-order valence-corrected chi connectivity index (χ1v) is 9.26. The van der Waals surface area contributed by atoms with E-state index >= 15 is 0 Å². The summed E-state index contributed by atoms with van der Waals surface area (Å²) in [4.78, 5) is 12.5. The molecule has 0 aliphatic heterocycles. The summed E-state index contributed by atoms with van der Waals surface area (Å²) in [5.74, 6) is 1.29. The first-order chi connectivity index (χ1) is 13.5. The van der Waals surface area contributed by atoms with Crippen LogP contribution >= 0.6 is 0 Å². The summed E-state index contributed by atoms with van der Waals surface area (Å²) in [6.45, 7) is 6.76. The number of furan rings is 1. The van der Waals surface area contributed by atoms with Crippen molar-refractivity contribution in [2.75, 3.05) is 13.7 Å². The van der Waals surface area contributed by atoms with Crippen LogP contribution in [0.3, 0.4) is 0 Å². The van der Waals surface area contributed by atoms with Gasteiger partial charge in [0.15, 0.2) is 0 Å². The second-order valence-electron chi connectivity index (χ2n) is 6.55. The highest BCUT2D eigenvalue weighted by atomic mass is 16.5. The molecule has 0 radical (unpaired) electrons. The number of aryl methyl sites for hydroxylation is 1. The summed E-state index contributed by atoms with van der Waals surface area (Å²) in [5, 5.41) is 3.93. The van der Waals surface area contributed by atoms with Crippen molar-refractivity contribution in [1.29, 1.82) is 0 Å². The molecule has 0 aliphatic carbocycles. The van der Waals surface area contributed by atoms with Crippen molar-refractivity contribution >= 4 is 22.4 Å². The number of nitrogens with one attached hydrogen (secondary N) is 1. The largest absolute Gasteiger partial charge is 0.496 e. The number of allylic oxidation sites excluding steroid dienone is 1. The first kappa shape index (κ1) is 19.5. The first-order valence-electron chi connectivity index (χ1n) is 9.26. The fourth-order valence-corrected chi connectivity index (χ4v) is 3.12. The maximum Gasteiger partial charge on any atom is 0.244 e. The highest BCUT2D eigenvalue weighted by Crippen LogP contribution is 2.33. The van der Waals surface area contributed by atoms with Gasteiger partial charge in [-0.05, 0) is 44.0 Å². The minimum atomic E-state index is -0.171. The van der Waals surface area contributed by atoms with Crippen molar-refractivity contribution in [2.45, 2.75) is 27.3 Å². The third-order valence-corrected chi connectivity index (χ3v) is 4.59. The number of amides is 1. The highest BCUT2D eigenvalue weighted by molar-refractivity contribution is 5.97. The van der Waals surface area contributed by atoms with Crippen LogP contribution < -0.4 is 14.8 Å².